The van der Waals surface area contributed by atoms with Gasteiger partial charge in [0.05, 0.1) is 0 Å². The minimum absolute atomic E-state index is 0.484. The molecule has 0 fully saturated rings. The summed E-state index contributed by atoms with van der Waals surface area (Å²) in [5.74, 6) is 0. The van der Waals surface area contributed by atoms with Crippen LogP contribution < -0.4 is 0 Å². The maximum atomic E-state index is 3.40. The molecule has 1 heteroatoms. The summed E-state index contributed by atoms with van der Waals surface area (Å²) in [5, 5.41) is 0. The molecule has 0 N–H and O–H groups in total. The van der Waals surface area contributed by atoms with Crippen LogP contribution in [0.2, 0.25) is 0 Å². The van der Waals surface area contributed by atoms with E-state index in [1.807, 2.05) is 6.07 Å². The lowest BCUT2D eigenvalue weighted by Crippen LogP contribution is -2.16. The van der Waals surface area contributed by atoms with Crippen molar-refractivity contribution >= 4 is 15.9 Å². The van der Waals surface area contributed by atoms with Crippen molar-refractivity contribution in [3.05, 3.63) is 34.3 Å². The Bertz CT molecular complexity index is 327. The van der Waals surface area contributed by atoms with Crippen molar-refractivity contribution in [1.29, 1.82) is 0 Å². The first kappa shape index (κ1) is 17.7. The normalized spacial score (nSPS) is 11.8. The summed E-state index contributed by atoms with van der Waals surface area (Å²) in [6.45, 7) is 15.9. The van der Waals surface area contributed by atoms with E-state index in [0.717, 1.165) is 6.42 Å². The molecule has 104 valence electrons. The van der Waals surface area contributed by atoms with E-state index in [2.05, 4.69) is 82.6 Å². The fourth-order valence-corrected chi connectivity index (χ4v) is 2.79. The van der Waals surface area contributed by atoms with E-state index in [4.69, 9.17) is 0 Å². The van der Waals surface area contributed by atoms with Crippen molar-refractivity contribution in [2.45, 2.75) is 61.3 Å². The fraction of sp³-hybridized carbons (Fsp3) is 0.647. The fourth-order valence-electron chi connectivity index (χ4n) is 2.35. The first-order valence-corrected chi connectivity index (χ1v) is 7.57. The van der Waals surface area contributed by atoms with Crippen molar-refractivity contribution in [2.75, 3.05) is 0 Å². The summed E-state index contributed by atoms with van der Waals surface area (Å²) < 4.78 is 1.17. The van der Waals surface area contributed by atoms with Crippen LogP contribution in [0, 0.1) is 10.8 Å². The lowest BCUT2D eigenvalue weighted by molar-refractivity contribution is 0.233. The second-order valence-corrected chi connectivity index (χ2v) is 8.20. The number of hydrogen-bond donors (Lipinski definition) is 0. The maximum Gasteiger partial charge on any atom is 0.0177 e. The van der Waals surface area contributed by atoms with Crippen molar-refractivity contribution < 1.29 is 0 Å². The highest BCUT2D eigenvalue weighted by atomic mass is 79.9. The summed E-state index contributed by atoms with van der Waals surface area (Å²) in [5.41, 5.74) is 2.35. The van der Waals surface area contributed by atoms with Crippen LogP contribution >= 0.6 is 15.9 Å². The molecule has 1 aromatic carbocycles. The van der Waals surface area contributed by atoms with Crippen molar-refractivity contribution in [3.8, 4) is 0 Å². The number of aryl methyl sites for hydroxylation is 1. The van der Waals surface area contributed by atoms with Gasteiger partial charge in [-0.25, -0.2) is 0 Å². The minimum atomic E-state index is 0.484. The Hall–Kier alpha value is -0.300. The van der Waals surface area contributed by atoms with Gasteiger partial charge in [0.25, 0.3) is 0 Å². The molecule has 0 bridgehead atoms. The van der Waals surface area contributed by atoms with E-state index < -0.39 is 0 Å². The molecule has 1 rings (SSSR count). The molecule has 0 saturated heterocycles. The molecule has 0 heterocycles. The third-order valence-electron chi connectivity index (χ3n) is 2.36. The zero-order chi connectivity index (χ0) is 14.4. The van der Waals surface area contributed by atoms with Crippen LogP contribution in [0.5, 0.6) is 0 Å². The molecule has 0 radical (unpaired) electrons. The average Bonchev–Trinajstić information content (AvgIpc) is 2.12. The van der Waals surface area contributed by atoms with Gasteiger partial charge in [-0.2, -0.15) is 0 Å². The highest BCUT2D eigenvalue weighted by Crippen LogP contribution is 2.31. The van der Waals surface area contributed by atoms with Gasteiger partial charge in [-0.15, -0.1) is 0 Å². The predicted octanol–water partition coefficient (Wildman–Crippen LogP) is 6.48. The monoisotopic (exact) mass is 312 g/mol. The Morgan fingerprint density at radius 1 is 0.944 bits per heavy atom. The highest BCUT2D eigenvalue weighted by Gasteiger charge is 2.20. The third kappa shape index (κ3) is 10.8. The summed E-state index contributed by atoms with van der Waals surface area (Å²) in [6.07, 6.45) is 2.40. The van der Waals surface area contributed by atoms with Gasteiger partial charge in [0.2, 0.25) is 0 Å². The second-order valence-electron chi connectivity index (χ2n) is 7.28. The zero-order valence-corrected chi connectivity index (χ0v) is 14.7. The van der Waals surface area contributed by atoms with E-state index >= 15 is 0 Å². The van der Waals surface area contributed by atoms with Gasteiger partial charge in [-0.05, 0) is 41.4 Å². The van der Waals surface area contributed by atoms with Gasteiger partial charge >= 0.3 is 0 Å². The summed E-state index contributed by atoms with van der Waals surface area (Å²) in [4.78, 5) is 0. The number of benzene rings is 1. The number of rotatable bonds is 1. The molecule has 0 unspecified atom stereocenters. The molecule has 0 aliphatic heterocycles. The molecule has 0 nitrogen and oxygen atoms in total. The lowest BCUT2D eigenvalue weighted by atomic mass is 9.78. The number of hydrogen-bond acceptors (Lipinski definition) is 0. The molecule has 0 aliphatic rings. The van der Waals surface area contributed by atoms with Crippen molar-refractivity contribution in [2.24, 2.45) is 10.8 Å². The molecular formula is C17H29Br. The van der Waals surface area contributed by atoms with E-state index in [9.17, 15) is 0 Å². The highest BCUT2D eigenvalue weighted by molar-refractivity contribution is 9.10. The van der Waals surface area contributed by atoms with Crippen LogP contribution in [-0.4, -0.2) is 0 Å². The summed E-state index contributed by atoms with van der Waals surface area (Å²) >= 11 is 3.40. The Kier molecular flexibility index (Phi) is 7.21. The van der Waals surface area contributed by atoms with Gasteiger partial charge in [0.15, 0.2) is 0 Å². The molecule has 0 atom stereocenters. The average molecular weight is 313 g/mol. The topological polar surface area (TPSA) is 0 Å². The Morgan fingerprint density at radius 2 is 1.44 bits per heavy atom. The standard InChI is InChI=1S/C9H20.C8H9Br/c1-8(2,3)7-9(4,5)6;1-2-7-4-3-5-8(9)6-7/h7H2,1-6H3;3-6H,2H2,1H3. The Balaban J connectivity index is 0.000000321. The second kappa shape index (κ2) is 7.33. The molecule has 0 amide bonds. The molecule has 0 aromatic heterocycles. The van der Waals surface area contributed by atoms with Crippen molar-refractivity contribution in [3.63, 3.8) is 0 Å². The van der Waals surface area contributed by atoms with Crippen LogP contribution in [0.1, 0.15) is 60.5 Å². The van der Waals surface area contributed by atoms with E-state index in [0.29, 0.717) is 10.8 Å². The molecular weight excluding hydrogens is 284 g/mol. The first-order chi connectivity index (χ1) is 8.03. The van der Waals surface area contributed by atoms with Gasteiger partial charge in [0, 0.05) is 4.47 Å². The molecule has 0 aliphatic carbocycles. The lowest BCUT2D eigenvalue weighted by Gasteiger charge is -2.28. The van der Waals surface area contributed by atoms with Gasteiger partial charge < -0.3 is 0 Å². The molecule has 0 saturated carbocycles. The Labute approximate surface area is 122 Å². The van der Waals surface area contributed by atoms with Crippen LogP contribution in [0.3, 0.4) is 0 Å². The molecule has 18 heavy (non-hydrogen) atoms. The van der Waals surface area contributed by atoms with Crippen LogP contribution in [-0.2, 0) is 6.42 Å². The SMILES string of the molecule is CC(C)(C)CC(C)(C)C.CCc1cccc(Br)c1. The van der Waals surface area contributed by atoms with Crippen LogP contribution in [0.4, 0.5) is 0 Å². The quantitative estimate of drug-likeness (QED) is 0.556. The molecule has 0 spiro atoms. The minimum Gasteiger partial charge on any atom is -0.0613 e. The van der Waals surface area contributed by atoms with Gasteiger partial charge in [-0.1, -0.05) is 76.5 Å². The van der Waals surface area contributed by atoms with Crippen LogP contribution in [0.15, 0.2) is 28.7 Å². The molecule has 1 aromatic rings. The largest absolute Gasteiger partial charge is 0.0613 e. The first-order valence-electron chi connectivity index (χ1n) is 6.78. The van der Waals surface area contributed by atoms with Gasteiger partial charge in [0.1, 0.15) is 0 Å². The van der Waals surface area contributed by atoms with Crippen LogP contribution in [0.25, 0.3) is 0 Å². The summed E-state index contributed by atoms with van der Waals surface area (Å²) in [7, 11) is 0. The zero-order valence-electron chi connectivity index (χ0n) is 13.1. The van der Waals surface area contributed by atoms with E-state index in [1.165, 1.54) is 16.5 Å². The smallest absolute Gasteiger partial charge is 0.0177 e. The van der Waals surface area contributed by atoms with E-state index in [1.54, 1.807) is 0 Å². The van der Waals surface area contributed by atoms with Gasteiger partial charge in [-0.3, -0.25) is 0 Å². The van der Waals surface area contributed by atoms with E-state index in [-0.39, 0.29) is 0 Å². The maximum absolute atomic E-state index is 3.40. The third-order valence-corrected chi connectivity index (χ3v) is 2.85. The summed E-state index contributed by atoms with van der Waals surface area (Å²) in [6, 6.07) is 8.37. The number of halogens is 1. The predicted molar refractivity (Wildman–Crippen MR) is 87.0 cm³/mol. The van der Waals surface area contributed by atoms with Crippen molar-refractivity contribution in [1.82, 2.24) is 0 Å². The Morgan fingerprint density at radius 3 is 1.67 bits per heavy atom.